The monoisotopic (exact) mass is 441 g/mol. The van der Waals surface area contributed by atoms with Crippen LogP contribution in [0.3, 0.4) is 0 Å². The number of rotatable bonds is 6. The van der Waals surface area contributed by atoms with Gasteiger partial charge in [0.15, 0.2) is 0 Å². The first-order chi connectivity index (χ1) is 15.3. The van der Waals surface area contributed by atoms with Gasteiger partial charge in [0.05, 0.1) is 12.7 Å². The molecular weight excluding hydrogens is 413 g/mol. The van der Waals surface area contributed by atoms with Crippen molar-refractivity contribution < 1.29 is 23.5 Å². The van der Waals surface area contributed by atoms with E-state index in [2.05, 4.69) is 5.32 Å². The lowest BCUT2D eigenvalue weighted by molar-refractivity contribution is -0.135. The minimum absolute atomic E-state index is 0.0964. The summed E-state index contributed by atoms with van der Waals surface area (Å²) in [6.07, 6.45) is 0. The Balaban J connectivity index is 1.61. The van der Waals surface area contributed by atoms with Gasteiger partial charge in [-0.15, -0.1) is 0 Å². The van der Waals surface area contributed by atoms with E-state index in [9.17, 15) is 18.8 Å². The molecule has 0 aliphatic carbocycles. The zero-order valence-corrected chi connectivity index (χ0v) is 18.5. The summed E-state index contributed by atoms with van der Waals surface area (Å²) < 4.78 is 19.1. The van der Waals surface area contributed by atoms with Gasteiger partial charge in [0, 0.05) is 31.7 Å². The number of piperazine rings is 1. The molecule has 7 nitrogen and oxygen atoms in total. The summed E-state index contributed by atoms with van der Waals surface area (Å²) in [4.78, 5) is 41.7. The van der Waals surface area contributed by atoms with E-state index in [4.69, 9.17) is 4.74 Å². The molecule has 3 rings (SSSR count). The number of amides is 3. The number of nitrogens with zero attached hydrogens (tertiary/aromatic N) is 2. The molecule has 0 aromatic heterocycles. The summed E-state index contributed by atoms with van der Waals surface area (Å²) in [6.45, 7) is 5.16. The molecule has 1 aliphatic rings. The van der Waals surface area contributed by atoms with Gasteiger partial charge in [0.2, 0.25) is 5.91 Å². The third-order valence-electron chi connectivity index (χ3n) is 5.55. The van der Waals surface area contributed by atoms with Crippen molar-refractivity contribution in [2.75, 3.05) is 33.3 Å². The molecule has 1 aliphatic heterocycles. The molecule has 1 unspecified atom stereocenters. The number of ether oxygens (including phenoxy) is 1. The highest BCUT2D eigenvalue weighted by molar-refractivity contribution is 5.98. The molecule has 1 N–H and O–H groups in total. The van der Waals surface area contributed by atoms with Crippen molar-refractivity contribution in [3.8, 4) is 5.75 Å². The Kier molecular flexibility index (Phi) is 7.45. The van der Waals surface area contributed by atoms with Crippen LogP contribution in [0.1, 0.15) is 34.6 Å². The minimum atomic E-state index is -0.786. The first kappa shape index (κ1) is 23.2. The number of carbonyl (C=O) groups is 3. The third-order valence-corrected chi connectivity index (χ3v) is 5.55. The zero-order valence-electron chi connectivity index (χ0n) is 18.5. The summed E-state index contributed by atoms with van der Waals surface area (Å²) in [5, 5.41) is 2.68. The molecule has 1 saturated heterocycles. The number of methoxy groups -OCH3 is 1. The smallest absolute Gasteiger partial charge is 0.254 e. The number of hydrogen-bond acceptors (Lipinski definition) is 4. The highest BCUT2D eigenvalue weighted by Crippen LogP contribution is 2.16. The van der Waals surface area contributed by atoms with E-state index in [1.165, 1.54) is 18.2 Å². The molecule has 2 aromatic rings. The van der Waals surface area contributed by atoms with Gasteiger partial charge < -0.3 is 19.9 Å². The number of carbonyl (C=O) groups excluding carboxylic acids is 3. The molecule has 2 aromatic carbocycles. The molecule has 0 saturated carbocycles. The van der Waals surface area contributed by atoms with Gasteiger partial charge in [-0.3, -0.25) is 14.4 Å². The Bertz CT molecular complexity index is 969. The summed E-state index contributed by atoms with van der Waals surface area (Å²) in [7, 11) is 1.57. The summed E-state index contributed by atoms with van der Waals surface area (Å²) >= 11 is 0. The Morgan fingerprint density at radius 1 is 0.938 bits per heavy atom. The van der Waals surface area contributed by atoms with Gasteiger partial charge in [0.1, 0.15) is 17.6 Å². The van der Waals surface area contributed by atoms with Crippen LogP contribution in [0.15, 0.2) is 48.5 Å². The largest absolute Gasteiger partial charge is 0.497 e. The van der Waals surface area contributed by atoms with Crippen LogP contribution in [0.25, 0.3) is 0 Å². The van der Waals surface area contributed by atoms with Crippen molar-refractivity contribution in [1.29, 1.82) is 0 Å². The second-order valence-electron chi connectivity index (χ2n) is 8.02. The Labute approximate surface area is 187 Å². The number of benzene rings is 2. The minimum Gasteiger partial charge on any atom is -0.497 e. The molecule has 170 valence electrons. The Morgan fingerprint density at radius 2 is 1.53 bits per heavy atom. The molecule has 0 spiro atoms. The van der Waals surface area contributed by atoms with Crippen LogP contribution in [-0.2, 0) is 4.79 Å². The van der Waals surface area contributed by atoms with Crippen molar-refractivity contribution in [1.82, 2.24) is 15.1 Å². The average molecular weight is 442 g/mol. The van der Waals surface area contributed by atoms with Gasteiger partial charge in [-0.2, -0.15) is 0 Å². The first-order valence-corrected chi connectivity index (χ1v) is 10.6. The van der Waals surface area contributed by atoms with Gasteiger partial charge in [-0.25, -0.2) is 4.39 Å². The van der Waals surface area contributed by atoms with Gasteiger partial charge in [-0.1, -0.05) is 26.0 Å². The van der Waals surface area contributed by atoms with Crippen LogP contribution in [0.2, 0.25) is 0 Å². The van der Waals surface area contributed by atoms with Crippen LogP contribution >= 0.6 is 0 Å². The third kappa shape index (κ3) is 5.25. The summed E-state index contributed by atoms with van der Waals surface area (Å²) in [6, 6.07) is 11.8. The number of nitrogens with one attached hydrogen (secondary N) is 1. The Hall–Kier alpha value is -3.42. The molecule has 8 heteroatoms. The van der Waals surface area contributed by atoms with E-state index in [1.807, 2.05) is 13.8 Å². The van der Waals surface area contributed by atoms with Crippen LogP contribution in [0.4, 0.5) is 4.39 Å². The fourth-order valence-electron chi connectivity index (χ4n) is 3.62. The van der Waals surface area contributed by atoms with E-state index < -0.39 is 17.8 Å². The van der Waals surface area contributed by atoms with Gasteiger partial charge >= 0.3 is 0 Å². The molecule has 3 amide bonds. The van der Waals surface area contributed by atoms with E-state index in [0.717, 1.165) is 0 Å². The fourth-order valence-corrected chi connectivity index (χ4v) is 3.62. The molecule has 0 bridgehead atoms. The van der Waals surface area contributed by atoms with Crippen molar-refractivity contribution in [2.45, 2.75) is 19.9 Å². The molecule has 0 radical (unpaired) electrons. The summed E-state index contributed by atoms with van der Waals surface area (Å²) in [5.74, 6) is -1.10. The van der Waals surface area contributed by atoms with E-state index >= 15 is 0 Å². The quantitative estimate of drug-likeness (QED) is 0.747. The Morgan fingerprint density at radius 3 is 2.09 bits per heavy atom. The lowest BCUT2D eigenvalue weighted by Gasteiger charge is -2.37. The van der Waals surface area contributed by atoms with Crippen molar-refractivity contribution >= 4 is 17.7 Å². The van der Waals surface area contributed by atoms with Crippen LogP contribution in [-0.4, -0.2) is 66.9 Å². The average Bonchev–Trinajstić information content (AvgIpc) is 2.81. The maximum absolute atomic E-state index is 13.9. The zero-order chi connectivity index (χ0) is 23.3. The molecule has 1 fully saturated rings. The van der Waals surface area contributed by atoms with E-state index in [0.29, 0.717) is 37.5 Å². The van der Waals surface area contributed by atoms with Crippen LogP contribution < -0.4 is 10.1 Å². The second-order valence-corrected chi connectivity index (χ2v) is 8.02. The molecular formula is C24H28FN3O4. The fraction of sp³-hybridized carbons (Fsp3) is 0.375. The maximum atomic E-state index is 13.9. The topological polar surface area (TPSA) is 79.0 Å². The first-order valence-electron chi connectivity index (χ1n) is 10.6. The second kappa shape index (κ2) is 10.3. The van der Waals surface area contributed by atoms with Crippen LogP contribution in [0, 0.1) is 11.7 Å². The normalized spacial score (nSPS) is 14.8. The highest BCUT2D eigenvalue weighted by Gasteiger charge is 2.32. The lowest BCUT2D eigenvalue weighted by atomic mass is 10.0. The van der Waals surface area contributed by atoms with E-state index in [-0.39, 0.29) is 23.3 Å². The lowest BCUT2D eigenvalue weighted by Crippen LogP contribution is -2.57. The van der Waals surface area contributed by atoms with Crippen molar-refractivity contribution in [2.24, 2.45) is 5.92 Å². The van der Waals surface area contributed by atoms with Gasteiger partial charge in [0.25, 0.3) is 11.8 Å². The molecule has 32 heavy (non-hydrogen) atoms. The van der Waals surface area contributed by atoms with E-state index in [1.54, 1.807) is 47.2 Å². The number of hydrogen-bond donors (Lipinski definition) is 1. The van der Waals surface area contributed by atoms with Crippen molar-refractivity contribution in [3.05, 3.63) is 65.5 Å². The predicted molar refractivity (Wildman–Crippen MR) is 118 cm³/mol. The predicted octanol–water partition coefficient (Wildman–Crippen LogP) is 2.57. The maximum Gasteiger partial charge on any atom is 0.254 e. The highest BCUT2D eigenvalue weighted by atomic mass is 19.1. The van der Waals surface area contributed by atoms with Crippen LogP contribution in [0.5, 0.6) is 5.75 Å². The SMILES string of the molecule is COc1ccc(C(=O)N2CCN(C(=O)C(NC(=O)c3ccccc3F)C(C)C)CC2)cc1. The molecule has 1 heterocycles. The number of halogens is 1. The summed E-state index contributed by atoms with van der Waals surface area (Å²) in [5.41, 5.74) is 0.462. The van der Waals surface area contributed by atoms with Gasteiger partial charge in [-0.05, 0) is 42.3 Å². The molecule has 1 atom stereocenters. The standard InChI is InChI=1S/C24H28FN3O4/c1-16(2)21(26-22(29)19-6-4-5-7-20(19)25)24(31)28-14-12-27(13-15-28)23(30)17-8-10-18(32-3)11-9-17/h4-11,16,21H,12-15H2,1-3H3,(H,26,29). The van der Waals surface area contributed by atoms with Crippen molar-refractivity contribution in [3.63, 3.8) is 0 Å².